The van der Waals surface area contributed by atoms with Crippen molar-refractivity contribution in [1.82, 2.24) is 5.32 Å². The van der Waals surface area contributed by atoms with Crippen molar-refractivity contribution < 1.29 is 4.74 Å². The molecule has 3 aromatic rings. The normalized spacial score (nSPS) is 10.7. The van der Waals surface area contributed by atoms with Gasteiger partial charge in [-0.15, -0.1) is 11.3 Å². The van der Waals surface area contributed by atoms with Crippen LogP contribution in [0.3, 0.4) is 0 Å². The van der Waals surface area contributed by atoms with Gasteiger partial charge >= 0.3 is 0 Å². The molecular weight excluding hydrogens is 302 g/mol. The van der Waals surface area contributed by atoms with Crippen LogP contribution in [0.5, 0.6) is 5.75 Å². The summed E-state index contributed by atoms with van der Waals surface area (Å²) in [5.41, 5.74) is 3.65. The Morgan fingerprint density at radius 3 is 2.52 bits per heavy atom. The van der Waals surface area contributed by atoms with Crippen LogP contribution in [0.1, 0.15) is 21.6 Å². The second-order valence-corrected chi connectivity index (χ2v) is 6.60. The predicted molar refractivity (Wildman–Crippen MR) is 96.8 cm³/mol. The van der Waals surface area contributed by atoms with Crippen molar-refractivity contribution in [1.29, 1.82) is 0 Å². The fourth-order valence-electron chi connectivity index (χ4n) is 2.37. The Labute approximate surface area is 141 Å². The third-order valence-electron chi connectivity index (χ3n) is 3.68. The Kier molecular flexibility index (Phi) is 5.46. The lowest BCUT2D eigenvalue weighted by Gasteiger charge is -2.12. The summed E-state index contributed by atoms with van der Waals surface area (Å²) in [5, 5.41) is 5.59. The molecule has 0 unspecified atom stereocenters. The minimum atomic E-state index is 0.599. The fraction of sp³-hybridized carbons (Fsp3) is 0.200. The van der Waals surface area contributed by atoms with E-state index in [1.54, 1.807) is 11.3 Å². The minimum Gasteiger partial charge on any atom is -0.489 e. The molecule has 3 heteroatoms. The summed E-state index contributed by atoms with van der Waals surface area (Å²) >= 11 is 1.78. The molecule has 0 aliphatic heterocycles. The molecule has 118 valence electrons. The van der Waals surface area contributed by atoms with E-state index in [1.165, 1.54) is 21.6 Å². The van der Waals surface area contributed by atoms with Crippen molar-refractivity contribution in [3.8, 4) is 5.75 Å². The van der Waals surface area contributed by atoms with E-state index in [0.717, 1.165) is 18.8 Å². The van der Waals surface area contributed by atoms with Gasteiger partial charge in [-0.25, -0.2) is 0 Å². The minimum absolute atomic E-state index is 0.599. The number of hydrogen-bond acceptors (Lipinski definition) is 3. The molecule has 0 saturated carbocycles. The van der Waals surface area contributed by atoms with Gasteiger partial charge in [-0.3, -0.25) is 0 Å². The van der Waals surface area contributed by atoms with Gasteiger partial charge < -0.3 is 10.1 Å². The smallest absolute Gasteiger partial charge is 0.124 e. The van der Waals surface area contributed by atoms with Gasteiger partial charge in [0.05, 0.1) is 0 Å². The van der Waals surface area contributed by atoms with Crippen molar-refractivity contribution in [3.63, 3.8) is 0 Å². The highest BCUT2D eigenvalue weighted by molar-refractivity contribution is 7.09. The zero-order valence-corrected chi connectivity index (χ0v) is 14.1. The lowest BCUT2D eigenvalue weighted by Crippen LogP contribution is -2.12. The summed E-state index contributed by atoms with van der Waals surface area (Å²) in [6.07, 6.45) is 0. The van der Waals surface area contributed by atoms with E-state index in [9.17, 15) is 0 Å². The number of ether oxygens (including phenoxy) is 1. The van der Waals surface area contributed by atoms with Crippen LogP contribution >= 0.6 is 11.3 Å². The van der Waals surface area contributed by atoms with E-state index in [2.05, 4.69) is 66.2 Å². The quantitative estimate of drug-likeness (QED) is 0.666. The molecule has 1 aromatic heterocycles. The average Bonchev–Trinajstić information content (AvgIpc) is 3.09. The Bertz CT molecular complexity index is 720. The van der Waals surface area contributed by atoms with Gasteiger partial charge in [0.25, 0.3) is 0 Å². The van der Waals surface area contributed by atoms with Crippen molar-refractivity contribution in [2.45, 2.75) is 26.6 Å². The summed E-state index contributed by atoms with van der Waals surface area (Å²) in [5.74, 6) is 0.951. The molecule has 2 nitrogen and oxygen atoms in total. The summed E-state index contributed by atoms with van der Waals surface area (Å²) in [7, 11) is 0. The number of para-hydroxylation sites is 1. The van der Waals surface area contributed by atoms with Crippen LogP contribution in [-0.4, -0.2) is 0 Å². The van der Waals surface area contributed by atoms with E-state index in [1.807, 2.05) is 12.1 Å². The molecule has 1 heterocycles. The van der Waals surface area contributed by atoms with Gasteiger partial charge in [0.15, 0.2) is 0 Å². The topological polar surface area (TPSA) is 21.3 Å². The number of rotatable bonds is 7. The van der Waals surface area contributed by atoms with Crippen LogP contribution in [0.15, 0.2) is 66.0 Å². The number of hydrogen-bond donors (Lipinski definition) is 1. The summed E-state index contributed by atoms with van der Waals surface area (Å²) in [6.45, 7) is 4.40. The van der Waals surface area contributed by atoms with Crippen LogP contribution in [-0.2, 0) is 19.7 Å². The Morgan fingerprint density at radius 2 is 1.74 bits per heavy atom. The monoisotopic (exact) mass is 323 g/mol. The molecule has 0 saturated heterocycles. The lowest BCUT2D eigenvalue weighted by atomic mass is 10.1. The predicted octanol–water partition coefficient (Wildman–Crippen LogP) is 4.93. The first-order valence-electron chi connectivity index (χ1n) is 7.80. The number of thiophene rings is 1. The molecule has 23 heavy (non-hydrogen) atoms. The molecule has 1 N–H and O–H groups in total. The highest BCUT2D eigenvalue weighted by Crippen LogP contribution is 2.20. The maximum atomic E-state index is 6.01. The van der Waals surface area contributed by atoms with Crippen LogP contribution in [0, 0.1) is 6.92 Å². The third kappa shape index (κ3) is 4.68. The molecule has 2 aromatic carbocycles. The van der Waals surface area contributed by atoms with E-state index in [4.69, 9.17) is 4.74 Å². The highest BCUT2D eigenvalue weighted by Gasteiger charge is 2.04. The van der Waals surface area contributed by atoms with Gasteiger partial charge in [0.2, 0.25) is 0 Å². The van der Waals surface area contributed by atoms with E-state index >= 15 is 0 Å². The number of benzene rings is 2. The first kappa shape index (κ1) is 15.8. The Hall–Kier alpha value is -2.10. The Morgan fingerprint density at radius 1 is 0.913 bits per heavy atom. The van der Waals surface area contributed by atoms with Crippen LogP contribution in [0.4, 0.5) is 0 Å². The summed E-state index contributed by atoms with van der Waals surface area (Å²) in [4.78, 5) is 1.35. The number of aryl methyl sites for hydroxylation is 1. The number of nitrogens with one attached hydrogen (secondary N) is 1. The molecule has 0 radical (unpaired) electrons. The molecule has 0 atom stereocenters. The first-order valence-corrected chi connectivity index (χ1v) is 8.68. The molecule has 0 fully saturated rings. The van der Waals surface area contributed by atoms with Gasteiger partial charge in [0, 0.05) is 23.5 Å². The van der Waals surface area contributed by atoms with Crippen LogP contribution in [0.2, 0.25) is 0 Å². The van der Waals surface area contributed by atoms with Crippen molar-refractivity contribution in [3.05, 3.63) is 87.6 Å². The molecule has 0 aliphatic rings. The second-order valence-electron chi connectivity index (χ2n) is 5.56. The molecule has 3 rings (SSSR count). The van der Waals surface area contributed by atoms with Crippen molar-refractivity contribution >= 4 is 11.3 Å². The van der Waals surface area contributed by atoms with Crippen LogP contribution < -0.4 is 10.1 Å². The van der Waals surface area contributed by atoms with E-state index in [0.29, 0.717) is 6.61 Å². The highest BCUT2D eigenvalue weighted by atomic mass is 32.1. The first-order chi connectivity index (χ1) is 11.3. The van der Waals surface area contributed by atoms with Crippen molar-refractivity contribution in [2.24, 2.45) is 0 Å². The molecule has 0 amide bonds. The van der Waals surface area contributed by atoms with E-state index in [-0.39, 0.29) is 0 Å². The largest absolute Gasteiger partial charge is 0.489 e. The third-order valence-corrected chi connectivity index (χ3v) is 4.56. The zero-order valence-electron chi connectivity index (χ0n) is 13.3. The van der Waals surface area contributed by atoms with E-state index < -0.39 is 0 Å². The summed E-state index contributed by atoms with van der Waals surface area (Å²) in [6, 6.07) is 20.9. The van der Waals surface area contributed by atoms with Gasteiger partial charge in [-0.1, -0.05) is 54.1 Å². The Balaban J connectivity index is 1.57. The summed E-state index contributed by atoms with van der Waals surface area (Å²) < 4.78 is 6.01. The molecule has 0 bridgehead atoms. The van der Waals surface area contributed by atoms with Gasteiger partial charge in [0.1, 0.15) is 12.4 Å². The standard InChI is InChI=1S/C20H21NOS/c1-16-8-10-17(11-9-16)15-22-20-7-3-2-5-18(20)13-21-14-19-6-4-12-23-19/h2-12,21H,13-15H2,1H3. The van der Waals surface area contributed by atoms with Crippen molar-refractivity contribution in [2.75, 3.05) is 0 Å². The average molecular weight is 323 g/mol. The SMILES string of the molecule is Cc1ccc(COc2ccccc2CNCc2cccs2)cc1. The van der Waals surface area contributed by atoms with Gasteiger partial charge in [-0.2, -0.15) is 0 Å². The van der Waals surface area contributed by atoms with Crippen LogP contribution in [0.25, 0.3) is 0 Å². The molecule has 0 spiro atoms. The second kappa shape index (κ2) is 7.95. The lowest BCUT2D eigenvalue weighted by molar-refractivity contribution is 0.302. The van der Waals surface area contributed by atoms with Gasteiger partial charge in [-0.05, 0) is 30.0 Å². The zero-order chi connectivity index (χ0) is 15.9. The fourth-order valence-corrected chi connectivity index (χ4v) is 3.04. The maximum Gasteiger partial charge on any atom is 0.124 e. The molecule has 0 aliphatic carbocycles. The molecular formula is C20H21NOS. The maximum absolute atomic E-state index is 6.01.